The predicted molar refractivity (Wildman–Crippen MR) is 75.9 cm³/mol. The van der Waals surface area contributed by atoms with Crippen LogP contribution in [0.15, 0.2) is 21.6 Å². The van der Waals surface area contributed by atoms with Crippen molar-refractivity contribution in [2.45, 2.75) is 39.1 Å². The third-order valence-electron chi connectivity index (χ3n) is 3.31. The summed E-state index contributed by atoms with van der Waals surface area (Å²) in [4.78, 5) is 0.107. The van der Waals surface area contributed by atoms with E-state index in [2.05, 4.69) is 9.88 Å². The molecule has 0 bridgehead atoms. The van der Waals surface area contributed by atoms with E-state index in [1.165, 1.54) is 12.1 Å². The maximum absolute atomic E-state index is 13.3. The molecule has 7 heteroatoms. The van der Waals surface area contributed by atoms with Crippen molar-refractivity contribution in [2.75, 3.05) is 0 Å². The van der Waals surface area contributed by atoms with E-state index >= 15 is 0 Å². The average molecular weight is 312 g/mol. The van der Waals surface area contributed by atoms with E-state index in [4.69, 9.17) is 4.52 Å². The molecule has 0 spiro atoms. The van der Waals surface area contributed by atoms with Crippen molar-refractivity contribution < 1.29 is 17.3 Å². The second-order valence-corrected chi connectivity index (χ2v) is 6.70. The van der Waals surface area contributed by atoms with Crippen molar-refractivity contribution >= 4 is 10.0 Å². The van der Waals surface area contributed by atoms with E-state index in [0.29, 0.717) is 28.1 Å². The molecule has 21 heavy (non-hydrogen) atoms. The van der Waals surface area contributed by atoms with Crippen LogP contribution in [0.3, 0.4) is 0 Å². The summed E-state index contributed by atoms with van der Waals surface area (Å²) in [7, 11) is -3.73. The topological polar surface area (TPSA) is 72.2 Å². The Labute approximate surface area is 123 Å². The molecule has 1 N–H and O–H groups in total. The fourth-order valence-electron chi connectivity index (χ4n) is 2.31. The van der Waals surface area contributed by atoms with Crippen LogP contribution in [-0.2, 0) is 16.6 Å². The standard InChI is InChI=1S/C14H17FN2O3S/c1-8-5-12(15)6-9(2)14(8)21(18,19)16-7-13-10(3)17-20-11(13)4/h5-6,16H,7H2,1-4H3. The highest BCUT2D eigenvalue weighted by molar-refractivity contribution is 7.89. The summed E-state index contributed by atoms with van der Waals surface area (Å²) in [6, 6.07) is 2.41. The molecule has 5 nitrogen and oxygen atoms in total. The largest absolute Gasteiger partial charge is 0.361 e. The van der Waals surface area contributed by atoms with Crippen LogP contribution in [0.2, 0.25) is 0 Å². The molecule has 0 aliphatic carbocycles. The molecule has 1 aromatic heterocycles. The second kappa shape index (κ2) is 5.57. The first kappa shape index (κ1) is 15.7. The van der Waals surface area contributed by atoms with E-state index < -0.39 is 15.8 Å². The third-order valence-corrected chi connectivity index (χ3v) is 5.02. The molecule has 0 amide bonds. The van der Waals surface area contributed by atoms with E-state index in [-0.39, 0.29) is 11.4 Å². The number of nitrogens with zero attached hydrogens (tertiary/aromatic N) is 1. The van der Waals surface area contributed by atoms with Crippen LogP contribution in [-0.4, -0.2) is 13.6 Å². The van der Waals surface area contributed by atoms with Gasteiger partial charge in [0, 0.05) is 12.1 Å². The van der Waals surface area contributed by atoms with Crippen molar-refractivity contribution in [1.82, 2.24) is 9.88 Å². The lowest BCUT2D eigenvalue weighted by molar-refractivity contribution is 0.392. The molecule has 2 aromatic rings. The quantitative estimate of drug-likeness (QED) is 0.941. The number of hydrogen-bond donors (Lipinski definition) is 1. The van der Waals surface area contributed by atoms with Crippen LogP contribution in [0.25, 0.3) is 0 Å². The monoisotopic (exact) mass is 312 g/mol. The van der Waals surface area contributed by atoms with Gasteiger partial charge < -0.3 is 4.52 Å². The highest BCUT2D eigenvalue weighted by Crippen LogP contribution is 2.22. The molecule has 0 unspecified atom stereocenters. The van der Waals surface area contributed by atoms with E-state index in [1.807, 2.05) is 0 Å². The minimum Gasteiger partial charge on any atom is -0.361 e. The van der Waals surface area contributed by atoms with Gasteiger partial charge in [-0.3, -0.25) is 0 Å². The molecule has 0 fully saturated rings. The zero-order chi connectivity index (χ0) is 15.8. The fraction of sp³-hybridized carbons (Fsp3) is 0.357. The lowest BCUT2D eigenvalue weighted by Gasteiger charge is -2.12. The fourth-order valence-corrected chi connectivity index (χ4v) is 3.76. The lowest BCUT2D eigenvalue weighted by Crippen LogP contribution is -2.25. The van der Waals surface area contributed by atoms with Gasteiger partial charge >= 0.3 is 0 Å². The molecule has 114 valence electrons. The van der Waals surface area contributed by atoms with Gasteiger partial charge in [-0.05, 0) is 51.0 Å². The molecule has 0 saturated heterocycles. The number of nitrogens with one attached hydrogen (secondary N) is 1. The van der Waals surface area contributed by atoms with Gasteiger partial charge in [-0.2, -0.15) is 0 Å². The number of rotatable bonds is 4. The third kappa shape index (κ3) is 3.14. The number of benzene rings is 1. The number of halogens is 1. The Morgan fingerprint density at radius 3 is 2.24 bits per heavy atom. The number of aryl methyl sites for hydroxylation is 4. The zero-order valence-corrected chi connectivity index (χ0v) is 13.1. The Kier molecular flexibility index (Phi) is 4.15. The van der Waals surface area contributed by atoms with Crippen LogP contribution in [0.1, 0.15) is 28.1 Å². The highest BCUT2D eigenvalue weighted by Gasteiger charge is 2.21. The summed E-state index contributed by atoms with van der Waals surface area (Å²) in [6.45, 7) is 6.69. The Hall–Kier alpha value is -1.73. The van der Waals surface area contributed by atoms with Crippen molar-refractivity contribution in [2.24, 2.45) is 0 Å². The minimum atomic E-state index is -3.73. The summed E-state index contributed by atoms with van der Waals surface area (Å²) in [5.41, 5.74) is 2.09. The molecule has 0 aliphatic heterocycles. The van der Waals surface area contributed by atoms with E-state index in [0.717, 1.165) is 0 Å². The van der Waals surface area contributed by atoms with Crippen molar-refractivity contribution in [3.8, 4) is 0 Å². The summed E-state index contributed by atoms with van der Waals surface area (Å²) in [6.07, 6.45) is 0. The van der Waals surface area contributed by atoms with Crippen LogP contribution < -0.4 is 4.72 Å². The Balaban J connectivity index is 2.32. The van der Waals surface area contributed by atoms with E-state index in [1.54, 1.807) is 27.7 Å². The number of sulfonamides is 1. The molecule has 1 heterocycles. The van der Waals surface area contributed by atoms with Crippen molar-refractivity contribution in [3.63, 3.8) is 0 Å². The van der Waals surface area contributed by atoms with Crippen molar-refractivity contribution in [3.05, 3.63) is 46.1 Å². The van der Waals surface area contributed by atoms with Gasteiger partial charge in [-0.15, -0.1) is 0 Å². The summed E-state index contributed by atoms with van der Waals surface area (Å²) >= 11 is 0. The summed E-state index contributed by atoms with van der Waals surface area (Å²) in [5.74, 6) is 0.123. The maximum Gasteiger partial charge on any atom is 0.241 e. The van der Waals surface area contributed by atoms with Gasteiger partial charge in [0.05, 0.1) is 10.6 Å². The Morgan fingerprint density at radius 1 is 1.19 bits per heavy atom. The first-order valence-electron chi connectivity index (χ1n) is 6.40. The second-order valence-electron chi connectivity index (χ2n) is 5.00. The van der Waals surface area contributed by atoms with Gasteiger partial charge in [-0.25, -0.2) is 17.5 Å². The summed E-state index contributed by atoms with van der Waals surface area (Å²) in [5, 5.41) is 3.78. The normalized spacial score (nSPS) is 11.9. The average Bonchev–Trinajstić information content (AvgIpc) is 2.65. The zero-order valence-electron chi connectivity index (χ0n) is 12.3. The first-order chi connectivity index (χ1) is 9.72. The summed E-state index contributed by atoms with van der Waals surface area (Å²) < 4.78 is 45.6. The van der Waals surface area contributed by atoms with Gasteiger partial charge in [0.1, 0.15) is 11.6 Å². The van der Waals surface area contributed by atoms with Crippen LogP contribution in [0.5, 0.6) is 0 Å². The molecule has 0 atom stereocenters. The first-order valence-corrected chi connectivity index (χ1v) is 7.89. The molecule has 0 saturated carbocycles. The minimum absolute atomic E-state index is 0.0831. The Bertz CT molecular complexity index is 739. The molecule has 1 aromatic carbocycles. The van der Waals surface area contributed by atoms with Crippen LogP contribution in [0, 0.1) is 33.5 Å². The SMILES string of the molecule is Cc1cc(F)cc(C)c1S(=O)(=O)NCc1c(C)noc1C. The van der Waals surface area contributed by atoms with Crippen LogP contribution in [0.4, 0.5) is 4.39 Å². The lowest BCUT2D eigenvalue weighted by atomic mass is 10.1. The van der Waals surface area contributed by atoms with Gasteiger partial charge in [-0.1, -0.05) is 5.16 Å². The molecular formula is C14H17FN2O3S. The number of hydrogen-bond acceptors (Lipinski definition) is 4. The molecule has 2 rings (SSSR count). The van der Waals surface area contributed by atoms with Crippen molar-refractivity contribution in [1.29, 1.82) is 0 Å². The maximum atomic E-state index is 13.3. The van der Waals surface area contributed by atoms with Gasteiger partial charge in [0.2, 0.25) is 10.0 Å². The van der Waals surface area contributed by atoms with Crippen LogP contribution >= 0.6 is 0 Å². The van der Waals surface area contributed by atoms with Gasteiger partial charge in [0.25, 0.3) is 0 Å². The molecule has 0 aliphatic rings. The smallest absolute Gasteiger partial charge is 0.241 e. The highest BCUT2D eigenvalue weighted by atomic mass is 32.2. The van der Waals surface area contributed by atoms with E-state index in [9.17, 15) is 12.8 Å². The molecular weight excluding hydrogens is 295 g/mol. The predicted octanol–water partition coefficient (Wildman–Crippen LogP) is 2.53. The number of aromatic nitrogens is 1. The van der Waals surface area contributed by atoms with Gasteiger partial charge in [0.15, 0.2) is 0 Å². The Morgan fingerprint density at radius 2 is 1.76 bits per heavy atom. The molecule has 0 radical (unpaired) electrons.